The average Bonchev–Trinajstić information content (AvgIpc) is 2.39. The molecule has 0 aliphatic rings. The van der Waals surface area contributed by atoms with Gasteiger partial charge in [0.05, 0.1) is 0 Å². The Morgan fingerprint density at radius 1 is 1.18 bits per heavy atom. The summed E-state index contributed by atoms with van der Waals surface area (Å²) in [5.41, 5.74) is 1.08. The van der Waals surface area contributed by atoms with E-state index in [1.165, 1.54) is 0 Å². The molecule has 0 saturated carbocycles. The molecule has 0 aliphatic carbocycles. The molecule has 1 N–H and O–H groups in total. The Bertz CT molecular complexity index is 501. The van der Waals surface area contributed by atoms with E-state index in [0.29, 0.717) is 0 Å². The van der Waals surface area contributed by atoms with Crippen LogP contribution in [0.4, 0.5) is 17.3 Å². The summed E-state index contributed by atoms with van der Waals surface area (Å²) in [5, 5.41) is 3.02. The summed E-state index contributed by atoms with van der Waals surface area (Å²) in [5.74, 6) is 1.60. The largest absolute Gasteiger partial charge is 0.372 e. The first-order chi connectivity index (χ1) is 8.24. The zero-order chi connectivity index (χ0) is 12.3. The third-order valence-electron chi connectivity index (χ3n) is 2.47. The molecule has 0 atom stereocenters. The number of nitrogens with zero attached hydrogens (tertiary/aromatic N) is 3. The number of hydrogen-bond acceptors (Lipinski definition) is 4. The second-order valence-electron chi connectivity index (χ2n) is 3.50. The molecular weight excluding hydrogens is 280 g/mol. The smallest absolute Gasteiger partial charge is 0.152 e. The number of para-hydroxylation sites is 1. The van der Waals surface area contributed by atoms with Gasteiger partial charge in [0.15, 0.2) is 5.82 Å². The SMILES string of the molecule is CNc1ncnc(N(C)c2ccccc2)c1Br. The van der Waals surface area contributed by atoms with Gasteiger partial charge in [-0.3, -0.25) is 0 Å². The first-order valence-electron chi connectivity index (χ1n) is 5.21. The Morgan fingerprint density at radius 2 is 1.88 bits per heavy atom. The zero-order valence-corrected chi connectivity index (χ0v) is 11.3. The van der Waals surface area contributed by atoms with Crippen molar-refractivity contribution < 1.29 is 0 Å². The first-order valence-corrected chi connectivity index (χ1v) is 6.00. The number of anilines is 3. The Kier molecular flexibility index (Phi) is 3.58. The number of hydrogen-bond donors (Lipinski definition) is 1. The molecule has 0 aliphatic heterocycles. The van der Waals surface area contributed by atoms with Gasteiger partial charge in [-0.05, 0) is 28.1 Å². The summed E-state index contributed by atoms with van der Waals surface area (Å²) in [6, 6.07) is 10.1. The van der Waals surface area contributed by atoms with E-state index >= 15 is 0 Å². The molecule has 88 valence electrons. The van der Waals surface area contributed by atoms with Crippen LogP contribution in [0.5, 0.6) is 0 Å². The van der Waals surface area contributed by atoms with Crippen molar-refractivity contribution in [1.82, 2.24) is 9.97 Å². The van der Waals surface area contributed by atoms with Crippen LogP contribution < -0.4 is 10.2 Å². The Labute approximate surface area is 109 Å². The lowest BCUT2D eigenvalue weighted by atomic mass is 10.3. The van der Waals surface area contributed by atoms with E-state index in [-0.39, 0.29) is 0 Å². The predicted molar refractivity (Wildman–Crippen MR) is 73.8 cm³/mol. The van der Waals surface area contributed by atoms with E-state index < -0.39 is 0 Å². The van der Waals surface area contributed by atoms with Crippen LogP contribution in [0.25, 0.3) is 0 Å². The van der Waals surface area contributed by atoms with Crippen LogP contribution in [-0.4, -0.2) is 24.1 Å². The van der Waals surface area contributed by atoms with E-state index in [1.807, 2.05) is 49.3 Å². The van der Waals surface area contributed by atoms with Crippen LogP contribution in [0.1, 0.15) is 0 Å². The summed E-state index contributed by atoms with van der Waals surface area (Å²) >= 11 is 3.51. The van der Waals surface area contributed by atoms with Crippen molar-refractivity contribution in [3.8, 4) is 0 Å². The number of aromatic nitrogens is 2. The summed E-state index contributed by atoms with van der Waals surface area (Å²) in [7, 11) is 3.81. The van der Waals surface area contributed by atoms with Gasteiger partial charge >= 0.3 is 0 Å². The molecule has 0 saturated heterocycles. The molecule has 17 heavy (non-hydrogen) atoms. The van der Waals surface area contributed by atoms with E-state index in [4.69, 9.17) is 0 Å². The van der Waals surface area contributed by atoms with Crippen molar-refractivity contribution in [2.75, 3.05) is 24.3 Å². The highest BCUT2D eigenvalue weighted by Crippen LogP contribution is 2.32. The fraction of sp³-hybridized carbons (Fsp3) is 0.167. The standard InChI is InChI=1S/C12H13BrN4/c1-14-11-10(13)12(16-8-15-11)17(2)9-6-4-3-5-7-9/h3-8H,1-2H3,(H,14,15,16). The summed E-state index contributed by atoms with van der Waals surface area (Å²) in [4.78, 5) is 10.4. The number of halogens is 1. The number of rotatable bonds is 3. The molecule has 2 rings (SSSR count). The minimum Gasteiger partial charge on any atom is -0.372 e. The minimum absolute atomic E-state index is 0.776. The van der Waals surface area contributed by atoms with Crippen molar-refractivity contribution in [3.05, 3.63) is 41.1 Å². The molecule has 1 heterocycles. The highest BCUT2D eigenvalue weighted by Gasteiger charge is 2.12. The molecule has 0 amide bonds. The Morgan fingerprint density at radius 3 is 2.53 bits per heavy atom. The molecule has 0 bridgehead atoms. The van der Waals surface area contributed by atoms with E-state index in [9.17, 15) is 0 Å². The summed E-state index contributed by atoms with van der Waals surface area (Å²) < 4.78 is 0.855. The van der Waals surface area contributed by atoms with Crippen LogP contribution in [0.15, 0.2) is 41.1 Å². The lowest BCUT2D eigenvalue weighted by Gasteiger charge is -2.20. The van der Waals surface area contributed by atoms with Crippen molar-refractivity contribution in [2.45, 2.75) is 0 Å². The van der Waals surface area contributed by atoms with Crippen molar-refractivity contribution in [1.29, 1.82) is 0 Å². The topological polar surface area (TPSA) is 41.1 Å². The third-order valence-corrected chi connectivity index (χ3v) is 3.20. The Balaban J connectivity index is 2.41. The second kappa shape index (κ2) is 5.14. The highest BCUT2D eigenvalue weighted by molar-refractivity contribution is 9.10. The zero-order valence-electron chi connectivity index (χ0n) is 9.68. The molecule has 1 aromatic heterocycles. The van der Waals surface area contributed by atoms with Crippen LogP contribution >= 0.6 is 15.9 Å². The van der Waals surface area contributed by atoms with Crippen LogP contribution in [0.2, 0.25) is 0 Å². The molecule has 0 radical (unpaired) electrons. The van der Waals surface area contributed by atoms with Crippen LogP contribution in [0, 0.1) is 0 Å². The summed E-state index contributed by atoms with van der Waals surface area (Å²) in [6.45, 7) is 0. The van der Waals surface area contributed by atoms with Gasteiger partial charge in [-0.25, -0.2) is 9.97 Å². The molecule has 5 heteroatoms. The molecule has 2 aromatic rings. The van der Waals surface area contributed by atoms with Gasteiger partial charge in [-0.15, -0.1) is 0 Å². The molecule has 1 aromatic carbocycles. The lowest BCUT2D eigenvalue weighted by molar-refractivity contribution is 1.07. The maximum atomic E-state index is 4.29. The molecule has 0 spiro atoms. The van der Waals surface area contributed by atoms with E-state index in [2.05, 4.69) is 31.2 Å². The normalized spacial score (nSPS) is 10.1. The van der Waals surface area contributed by atoms with Gasteiger partial charge in [0, 0.05) is 19.8 Å². The monoisotopic (exact) mass is 292 g/mol. The quantitative estimate of drug-likeness (QED) is 0.944. The molecular formula is C12H13BrN4. The third kappa shape index (κ3) is 2.39. The second-order valence-corrected chi connectivity index (χ2v) is 4.30. The van der Waals surface area contributed by atoms with Crippen molar-refractivity contribution in [2.24, 2.45) is 0 Å². The minimum atomic E-state index is 0.776. The first kappa shape index (κ1) is 11.9. The summed E-state index contributed by atoms with van der Waals surface area (Å²) in [6.07, 6.45) is 1.55. The van der Waals surface area contributed by atoms with Crippen LogP contribution in [-0.2, 0) is 0 Å². The van der Waals surface area contributed by atoms with Crippen molar-refractivity contribution >= 4 is 33.3 Å². The predicted octanol–water partition coefficient (Wildman–Crippen LogP) is 3.05. The van der Waals surface area contributed by atoms with Gasteiger partial charge < -0.3 is 10.2 Å². The van der Waals surface area contributed by atoms with Gasteiger partial charge in [0.25, 0.3) is 0 Å². The maximum Gasteiger partial charge on any atom is 0.152 e. The fourth-order valence-corrected chi connectivity index (χ4v) is 2.21. The number of benzene rings is 1. The van der Waals surface area contributed by atoms with Gasteiger partial charge in [0.2, 0.25) is 0 Å². The maximum absolute atomic E-state index is 4.29. The molecule has 0 unspecified atom stereocenters. The Hall–Kier alpha value is -1.62. The molecule has 0 fully saturated rings. The van der Waals surface area contributed by atoms with E-state index in [0.717, 1.165) is 21.8 Å². The highest BCUT2D eigenvalue weighted by atomic mass is 79.9. The van der Waals surface area contributed by atoms with Gasteiger partial charge in [-0.1, -0.05) is 18.2 Å². The lowest BCUT2D eigenvalue weighted by Crippen LogP contribution is -2.13. The fourth-order valence-electron chi connectivity index (χ4n) is 1.54. The van der Waals surface area contributed by atoms with E-state index in [1.54, 1.807) is 6.33 Å². The van der Waals surface area contributed by atoms with Gasteiger partial charge in [-0.2, -0.15) is 0 Å². The number of nitrogens with one attached hydrogen (secondary N) is 1. The van der Waals surface area contributed by atoms with Crippen LogP contribution in [0.3, 0.4) is 0 Å². The van der Waals surface area contributed by atoms with Crippen molar-refractivity contribution in [3.63, 3.8) is 0 Å². The van der Waals surface area contributed by atoms with Gasteiger partial charge in [0.1, 0.15) is 16.6 Å². The molecule has 4 nitrogen and oxygen atoms in total. The average molecular weight is 293 g/mol.